The fourth-order valence-corrected chi connectivity index (χ4v) is 5.23. The first-order valence-corrected chi connectivity index (χ1v) is 10.5. The minimum Gasteiger partial charge on any atom is -0.496 e. The van der Waals surface area contributed by atoms with Gasteiger partial charge in [-0.05, 0) is 50.3 Å². The van der Waals surface area contributed by atoms with Gasteiger partial charge in [0.2, 0.25) is 0 Å². The number of nitriles is 1. The van der Waals surface area contributed by atoms with Gasteiger partial charge in [-0.25, -0.2) is 4.98 Å². The zero-order valence-corrected chi connectivity index (χ0v) is 17.8. The number of Topliss-reactive ketones (excluding diaryl/α,β-unsaturated/α-hetero) is 1. The number of H-pyrrole nitrogens is 1. The van der Waals surface area contributed by atoms with E-state index in [0.717, 1.165) is 36.8 Å². The molecule has 0 bridgehead atoms. The molecule has 8 heteroatoms. The number of nitrogens with one attached hydrogen (secondary N) is 1. The average molecular weight is 423 g/mol. The number of nitrogens with zero attached hydrogens (tertiary/aromatic N) is 2. The zero-order chi connectivity index (χ0) is 21.4. The van der Waals surface area contributed by atoms with Gasteiger partial charge in [0.05, 0.1) is 25.7 Å². The highest BCUT2D eigenvalue weighted by Gasteiger charge is 2.28. The monoisotopic (exact) mass is 423 g/mol. The van der Waals surface area contributed by atoms with Gasteiger partial charge in [0.15, 0.2) is 11.7 Å². The molecule has 2 aromatic heterocycles. The van der Waals surface area contributed by atoms with Crippen LogP contribution in [0.15, 0.2) is 16.9 Å². The first-order valence-electron chi connectivity index (χ1n) is 9.69. The summed E-state index contributed by atoms with van der Waals surface area (Å²) in [6.45, 7) is 1.82. The lowest BCUT2D eigenvalue weighted by molar-refractivity contribution is 0.0975. The highest BCUT2D eigenvalue weighted by molar-refractivity contribution is 7.18. The van der Waals surface area contributed by atoms with E-state index in [4.69, 9.17) is 9.47 Å². The van der Waals surface area contributed by atoms with Crippen LogP contribution in [0.4, 0.5) is 0 Å². The molecular weight excluding hydrogens is 402 g/mol. The van der Waals surface area contributed by atoms with Crippen LogP contribution in [0, 0.1) is 18.3 Å². The van der Waals surface area contributed by atoms with E-state index in [1.54, 1.807) is 12.1 Å². The Labute approximate surface area is 177 Å². The third-order valence-electron chi connectivity index (χ3n) is 5.54. The first kappa shape index (κ1) is 20.1. The average Bonchev–Trinajstić information content (AvgIpc) is 3.13. The van der Waals surface area contributed by atoms with Crippen LogP contribution in [0.5, 0.6) is 11.5 Å². The smallest absolute Gasteiger partial charge is 0.259 e. The Morgan fingerprint density at radius 3 is 2.53 bits per heavy atom. The largest absolute Gasteiger partial charge is 0.496 e. The molecular formula is C22H21N3O4S. The fourth-order valence-electron chi connectivity index (χ4n) is 3.96. The highest BCUT2D eigenvalue weighted by Crippen LogP contribution is 2.35. The number of methoxy groups -OCH3 is 2. The molecule has 0 fully saturated rings. The number of aromatic nitrogens is 2. The summed E-state index contributed by atoms with van der Waals surface area (Å²) in [7, 11) is 3.01. The van der Waals surface area contributed by atoms with Crippen molar-refractivity contribution in [3.05, 3.63) is 49.9 Å². The van der Waals surface area contributed by atoms with Crippen LogP contribution in [0.1, 0.15) is 50.9 Å². The third-order valence-corrected chi connectivity index (χ3v) is 6.73. The Bertz CT molecular complexity index is 1230. The number of carbonyl (C=O) groups excluding carboxylic acids is 1. The second-order valence-electron chi connectivity index (χ2n) is 7.27. The number of thiophene rings is 1. The summed E-state index contributed by atoms with van der Waals surface area (Å²) in [5.74, 6) is -0.678. The molecule has 0 amide bonds. The van der Waals surface area contributed by atoms with Crippen molar-refractivity contribution in [1.29, 1.82) is 5.26 Å². The number of carbonyl (C=O) groups is 1. The summed E-state index contributed by atoms with van der Waals surface area (Å²) in [6, 6.07) is 5.15. The van der Waals surface area contributed by atoms with E-state index in [0.29, 0.717) is 21.7 Å². The Balaban J connectivity index is 1.79. The lowest BCUT2D eigenvalue weighted by Crippen LogP contribution is -2.20. The number of aromatic amines is 1. The van der Waals surface area contributed by atoms with Gasteiger partial charge < -0.3 is 14.5 Å². The van der Waals surface area contributed by atoms with Crippen LogP contribution in [0.3, 0.4) is 0 Å². The molecule has 1 aliphatic rings. The second kappa shape index (κ2) is 7.92. The molecule has 0 saturated heterocycles. The zero-order valence-electron chi connectivity index (χ0n) is 17.0. The van der Waals surface area contributed by atoms with Crippen LogP contribution in [0.2, 0.25) is 0 Å². The number of aryl methyl sites for hydroxylation is 2. The van der Waals surface area contributed by atoms with E-state index >= 15 is 0 Å². The van der Waals surface area contributed by atoms with Gasteiger partial charge in [0, 0.05) is 16.0 Å². The van der Waals surface area contributed by atoms with Gasteiger partial charge in [0.25, 0.3) is 5.56 Å². The Hall–Kier alpha value is -3.18. The van der Waals surface area contributed by atoms with Crippen LogP contribution < -0.4 is 15.0 Å². The SMILES string of the molecule is COc1cc(C(=O)C(C#N)c2nc3sc4c(c3c(=O)[nH]2)CCCC4)cc(OC)c1C. The van der Waals surface area contributed by atoms with E-state index < -0.39 is 11.7 Å². The minimum absolute atomic E-state index is 0.0668. The molecule has 1 N–H and O–H groups in total. The topological polar surface area (TPSA) is 105 Å². The van der Waals surface area contributed by atoms with Crippen molar-refractivity contribution in [2.45, 2.75) is 38.5 Å². The summed E-state index contributed by atoms with van der Waals surface area (Å²) >= 11 is 1.49. The molecule has 3 aromatic rings. The quantitative estimate of drug-likeness (QED) is 0.628. The number of fused-ring (bicyclic) bond motifs is 3. The van der Waals surface area contributed by atoms with Crippen molar-refractivity contribution in [2.75, 3.05) is 14.2 Å². The van der Waals surface area contributed by atoms with E-state index in [1.165, 1.54) is 30.4 Å². The molecule has 1 aliphatic carbocycles. The molecule has 2 heterocycles. The van der Waals surface area contributed by atoms with E-state index in [9.17, 15) is 14.9 Å². The van der Waals surface area contributed by atoms with Crippen LogP contribution >= 0.6 is 11.3 Å². The molecule has 1 atom stereocenters. The Morgan fingerprint density at radius 2 is 1.90 bits per heavy atom. The molecule has 4 rings (SSSR count). The normalized spacial score (nSPS) is 14.1. The van der Waals surface area contributed by atoms with Gasteiger partial charge in [-0.1, -0.05) is 0 Å². The molecule has 0 spiro atoms. The minimum atomic E-state index is -1.24. The molecule has 7 nitrogen and oxygen atoms in total. The van der Waals surface area contributed by atoms with Crippen molar-refractivity contribution < 1.29 is 14.3 Å². The number of rotatable bonds is 5. The molecule has 30 heavy (non-hydrogen) atoms. The van der Waals surface area contributed by atoms with Gasteiger partial charge >= 0.3 is 0 Å². The van der Waals surface area contributed by atoms with Crippen LogP contribution in [-0.4, -0.2) is 30.0 Å². The highest BCUT2D eigenvalue weighted by atomic mass is 32.1. The second-order valence-corrected chi connectivity index (χ2v) is 8.36. The standard InChI is InChI=1S/C22H21N3O4S/c1-11-15(28-2)8-12(9-16(11)29-3)19(26)14(10-23)20-24-21(27)18-13-6-4-5-7-17(13)30-22(18)25-20/h8-9,14H,4-7H2,1-3H3,(H,24,25,27). The van der Waals surface area contributed by atoms with Crippen LogP contribution in [0.25, 0.3) is 10.2 Å². The maximum atomic E-state index is 13.2. The number of hydrogen-bond acceptors (Lipinski definition) is 7. The van der Waals surface area contributed by atoms with Crippen molar-refractivity contribution in [1.82, 2.24) is 9.97 Å². The Morgan fingerprint density at radius 1 is 1.23 bits per heavy atom. The maximum Gasteiger partial charge on any atom is 0.259 e. The molecule has 154 valence electrons. The fraction of sp³-hybridized carbons (Fsp3) is 0.364. The van der Waals surface area contributed by atoms with Crippen LogP contribution in [-0.2, 0) is 12.8 Å². The summed E-state index contributed by atoms with van der Waals surface area (Å²) in [5.41, 5.74) is 1.78. The van der Waals surface area contributed by atoms with E-state index in [1.807, 2.05) is 13.0 Å². The number of benzene rings is 1. The predicted octanol–water partition coefficient (Wildman–Crippen LogP) is 3.68. The molecule has 0 radical (unpaired) electrons. The summed E-state index contributed by atoms with van der Waals surface area (Å²) in [4.78, 5) is 35.0. The predicted molar refractivity (Wildman–Crippen MR) is 114 cm³/mol. The number of ketones is 1. The van der Waals surface area contributed by atoms with Gasteiger partial charge in [-0.15, -0.1) is 11.3 Å². The van der Waals surface area contributed by atoms with Gasteiger partial charge in [-0.2, -0.15) is 5.26 Å². The van der Waals surface area contributed by atoms with Crippen molar-refractivity contribution >= 4 is 27.3 Å². The van der Waals surface area contributed by atoms with Gasteiger partial charge in [-0.3, -0.25) is 9.59 Å². The summed E-state index contributed by atoms with van der Waals surface area (Å²) in [6.07, 6.45) is 3.95. The summed E-state index contributed by atoms with van der Waals surface area (Å²) in [5, 5.41) is 10.4. The van der Waals surface area contributed by atoms with E-state index in [2.05, 4.69) is 9.97 Å². The lowest BCUT2D eigenvalue weighted by atomic mass is 9.95. The maximum absolute atomic E-state index is 13.2. The third kappa shape index (κ3) is 3.25. The number of ether oxygens (including phenoxy) is 2. The van der Waals surface area contributed by atoms with E-state index in [-0.39, 0.29) is 16.9 Å². The van der Waals surface area contributed by atoms with Gasteiger partial charge in [0.1, 0.15) is 22.2 Å². The lowest BCUT2D eigenvalue weighted by Gasteiger charge is -2.14. The molecule has 1 unspecified atom stereocenters. The molecule has 0 aliphatic heterocycles. The molecule has 0 saturated carbocycles. The summed E-state index contributed by atoms with van der Waals surface area (Å²) < 4.78 is 10.7. The first-order chi connectivity index (χ1) is 14.5. The van der Waals surface area contributed by atoms with Crippen molar-refractivity contribution in [3.63, 3.8) is 0 Å². The Kier molecular flexibility index (Phi) is 5.31. The molecule has 1 aromatic carbocycles. The number of hydrogen-bond donors (Lipinski definition) is 1. The van der Waals surface area contributed by atoms with Crippen molar-refractivity contribution in [2.24, 2.45) is 0 Å². The van der Waals surface area contributed by atoms with Crippen molar-refractivity contribution in [3.8, 4) is 17.6 Å².